The average molecular weight is 306 g/mol. The number of nitrogens with zero attached hydrogens (tertiary/aromatic N) is 1. The van der Waals surface area contributed by atoms with Crippen molar-refractivity contribution in [1.29, 1.82) is 0 Å². The van der Waals surface area contributed by atoms with Gasteiger partial charge in [-0.15, -0.1) is 11.3 Å². The van der Waals surface area contributed by atoms with Crippen LogP contribution in [0, 0.1) is 0 Å². The maximum absolute atomic E-state index is 5.48. The highest BCUT2D eigenvalue weighted by atomic mass is 32.1. The van der Waals surface area contributed by atoms with Crippen LogP contribution in [0.2, 0.25) is 0 Å². The lowest BCUT2D eigenvalue weighted by molar-refractivity contribution is 0.380. The van der Waals surface area contributed by atoms with Crippen molar-refractivity contribution >= 4 is 11.3 Å². The molecule has 1 aromatic heterocycles. The maximum Gasteiger partial charge on any atom is 0.127 e. The van der Waals surface area contributed by atoms with Crippen LogP contribution >= 0.6 is 11.3 Å². The van der Waals surface area contributed by atoms with Crippen molar-refractivity contribution in [1.82, 2.24) is 10.3 Å². The van der Waals surface area contributed by atoms with E-state index in [9.17, 15) is 0 Å². The summed E-state index contributed by atoms with van der Waals surface area (Å²) < 4.78 is 10.7. The molecule has 2 unspecified atom stereocenters. The van der Waals surface area contributed by atoms with Gasteiger partial charge in [-0.25, -0.2) is 4.98 Å². The molecule has 1 N–H and O–H groups in total. The topological polar surface area (TPSA) is 43.4 Å². The third-order valence-electron chi connectivity index (χ3n) is 3.52. The molecule has 2 aromatic rings. The normalized spacial score (nSPS) is 13.7. The SMILES string of the molecule is CCC(NC(C)c1ccc(OC)cc1OC)c1nccs1. The molecule has 114 valence electrons. The molecule has 2 atom stereocenters. The summed E-state index contributed by atoms with van der Waals surface area (Å²) in [5, 5.41) is 6.76. The van der Waals surface area contributed by atoms with E-state index < -0.39 is 0 Å². The highest BCUT2D eigenvalue weighted by Crippen LogP contribution is 2.31. The third-order valence-corrected chi connectivity index (χ3v) is 4.41. The van der Waals surface area contributed by atoms with Crippen LogP contribution in [-0.4, -0.2) is 19.2 Å². The molecule has 4 nitrogen and oxygen atoms in total. The average Bonchev–Trinajstić information content (AvgIpc) is 3.05. The Morgan fingerprint density at radius 1 is 1.29 bits per heavy atom. The van der Waals surface area contributed by atoms with Crippen LogP contribution in [0.5, 0.6) is 11.5 Å². The molecule has 0 saturated carbocycles. The van der Waals surface area contributed by atoms with Crippen molar-refractivity contribution in [2.45, 2.75) is 32.4 Å². The van der Waals surface area contributed by atoms with Crippen molar-refractivity contribution in [3.05, 3.63) is 40.3 Å². The fourth-order valence-electron chi connectivity index (χ4n) is 2.34. The number of rotatable bonds is 7. The van der Waals surface area contributed by atoms with E-state index in [4.69, 9.17) is 9.47 Å². The van der Waals surface area contributed by atoms with E-state index in [1.807, 2.05) is 29.8 Å². The first-order valence-electron chi connectivity index (χ1n) is 7.07. The van der Waals surface area contributed by atoms with E-state index >= 15 is 0 Å². The lowest BCUT2D eigenvalue weighted by Crippen LogP contribution is -2.24. The summed E-state index contributed by atoms with van der Waals surface area (Å²) in [6.07, 6.45) is 2.85. The number of hydrogen-bond donors (Lipinski definition) is 1. The van der Waals surface area contributed by atoms with Gasteiger partial charge in [0.25, 0.3) is 0 Å². The molecule has 0 aliphatic rings. The Balaban J connectivity index is 2.17. The first-order valence-corrected chi connectivity index (χ1v) is 7.94. The Labute approximate surface area is 130 Å². The second-order valence-electron chi connectivity index (χ2n) is 4.83. The van der Waals surface area contributed by atoms with Crippen LogP contribution in [0.4, 0.5) is 0 Å². The molecule has 5 heteroatoms. The minimum atomic E-state index is 0.166. The summed E-state index contributed by atoms with van der Waals surface area (Å²) in [5.74, 6) is 1.64. The molecular formula is C16H22N2O2S. The fourth-order valence-corrected chi connectivity index (χ4v) is 3.12. The standard InChI is InChI=1S/C16H22N2O2S/c1-5-14(16-17-8-9-21-16)18-11(2)13-7-6-12(19-3)10-15(13)20-4/h6-11,14,18H,5H2,1-4H3. The number of hydrogen-bond acceptors (Lipinski definition) is 5. The molecule has 2 rings (SSSR count). The van der Waals surface area contributed by atoms with Gasteiger partial charge >= 0.3 is 0 Å². The third kappa shape index (κ3) is 3.74. The van der Waals surface area contributed by atoms with E-state index in [2.05, 4.69) is 24.1 Å². The Morgan fingerprint density at radius 2 is 2.10 bits per heavy atom. The number of thiazole rings is 1. The van der Waals surface area contributed by atoms with Crippen molar-refractivity contribution in [3.63, 3.8) is 0 Å². The highest BCUT2D eigenvalue weighted by Gasteiger charge is 2.18. The van der Waals surface area contributed by atoms with Gasteiger partial charge in [-0.05, 0) is 19.4 Å². The second kappa shape index (κ2) is 7.43. The number of benzene rings is 1. The van der Waals surface area contributed by atoms with Crippen molar-refractivity contribution in [3.8, 4) is 11.5 Å². The van der Waals surface area contributed by atoms with Crippen LogP contribution in [0.15, 0.2) is 29.8 Å². The Kier molecular flexibility index (Phi) is 5.59. The zero-order chi connectivity index (χ0) is 15.2. The monoisotopic (exact) mass is 306 g/mol. The first kappa shape index (κ1) is 15.8. The summed E-state index contributed by atoms with van der Waals surface area (Å²) in [7, 11) is 3.34. The molecule has 0 amide bonds. The Morgan fingerprint density at radius 3 is 2.67 bits per heavy atom. The van der Waals surface area contributed by atoms with Crippen molar-refractivity contribution in [2.75, 3.05) is 14.2 Å². The molecule has 0 fully saturated rings. The molecule has 0 saturated heterocycles. The van der Waals surface area contributed by atoms with Gasteiger partial charge in [-0.3, -0.25) is 0 Å². The smallest absolute Gasteiger partial charge is 0.127 e. The van der Waals surface area contributed by atoms with Crippen molar-refractivity contribution in [2.24, 2.45) is 0 Å². The van der Waals surface area contributed by atoms with Crippen molar-refractivity contribution < 1.29 is 9.47 Å². The molecule has 0 aliphatic carbocycles. The van der Waals surface area contributed by atoms with Gasteiger partial charge in [-0.2, -0.15) is 0 Å². The first-order chi connectivity index (χ1) is 10.2. The molecule has 0 radical (unpaired) electrons. The summed E-state index contributed by atoms with van der Waals surface area (Å²) in [6, 6.07) is 6.34. The molecule has 1 aromatic carbocycles. The van der Waals surface area contributed by atoms with Gasteiger partial charge in [0.15, 0.2) is 0 Å². The quantitative estimate of drug-likeness (QED) is 0.841. The van der Waals surface area contributed by atoms with E-state index in [1.54, 1.807) is 25.6 Å². The predicted molar refractivity (Wildman–Crippen MR) is 86.2 cm³/mol. The molecular weight excluding hydrogens is 284 g/mol. The Bertz CT molecular complexity index is 557. The molecule has 0 aliphatic heterocycles. The summed E-state index contributed by atoms with van der Waals surface area (Å²) in [6.45, 7) is 4.30. The van der Waals surface area contributed by atoms with Gasteiger partial charge in [0.05, 0.1) is 20.3 Å². The molecule has 0 bridgehead atoms. The predicted octanol–water partition coefficient (Wildman–Crippen LogP) is 3.96. The number of methoxy groups -OCH3 is 2. The number of nitrogens with one attached hydrogen (secondary N) is 1. The van der Waals surface area contributed by atoms with Crippen LogP contribution in [0.1, 0.15) is 42.9 Å². The van der Waals surface area contributed by atoms with E-state index in [0.29, 0.717) is 0 Å². The molecule has 21 heavy (non-hydrogen) atoms. The van der Waals surface area contributed by atoms with Gasteiger partial charge in [-0.1, -0.05) is 13.0 Å². The van der Waals surface area contributed by atoms with Gasteiger partial charge in [0.2, 0.25) is 0 Å². The second-order valence-corrected chi connectivity index (χ2v) is 5.75. The minimum absolute atomic E-state index is 0.166. The van der Waals surface area contributed by atoms with Gasteiger partial charge < -0.3 is 14.8 Å². The van der Waals surface area contributed by atoms with Crippen LogP contribution in [-0.2, 0) is 0 Å². The highest BCUT2D eigenvalue weighted by molar-refractivity contribution is 7.09. The van der Waals surface area contributed by atoms with Crippen LogP contribution in [0.3, 0.4) is 0 Å². The lowest BCUT2D eigenvalue weighted by atomic mass is 10.1. The summed E-state index contributed by atoms with van der Waals surface area (Å²) in [5.41, 5.74) is 1.12. The van der Waals surface area contributed by atoms with Crippen LogP contribution < -0.4 is 14.8 Å². The van der Waals surface area contributed by atoms with Gasteiger partial charge in [0.1, 0.15) is 16.5 Å². The lowest BCUT2D eigenvalue weighted by Gasteiger charge is -2.23. The number of aromatic nitrogens is 1. The number of ether oxygens (including phenoxy) is 2. The zero-order valence-corrected chi connectivity index (χ0v) is 13.7. The Hall–Kier alpha value is -1.59. The van der Waals surface area contributed by atoms with Gasteiger partial charge in [0, 0.05) is 29.2 Å². The zero-order valence-electron chi connectivity index (χ0n) is 12.9. The summed E-state index contributed by atoms with van der Waals surface area (Å²) >= 11 is 1.68. The van der Waals surface area contributed by atoms with E-state index in [0.717, 1.165) is 28.5 Å². The minimum Gasteiger partial charge on any atom is -0.497 e. The molecule has 1 heterocycles. The maximum atomic E-state index is 5.48. The largest absolute Gasteiger partial charge is 0.497 e. The van der Waals surface area contributed by atoms with E-state index in [1.165, 1.54) is 0 Å². The van der Waals surface area contributed by atoms with E-state index in [-0.39, 0.29) is 12.1 Å². The van der Waals surface area contributed by atoms with Crippen LogP contribution in [0.25, 0.3) is 0 Å². The summed E-state index contributed by atoms with van der Waals surface area (Å²) in [4.78, 5) is 4.41. The molecule has 0 spiro atoms. The fraction of sp³-hybridized carbons (Fsp3) is 0.438.